The second kappa shape index (κ2) is 7.52. The van der Waals surface area contributed by atoms with Gasteiger partial charge >= 0.3 is 6.18 Å². The zero-order chi connectivity index (χ0) is 20.5. The largest absolute Gasteiger partial charge is 0.418 e. The molecule has 0 saturated heterocycles. The molecule has 1 aromatic heterocycles. The van der Waals surface area contributed by atoms with Crippen LogP contribution in [0, 0.1) is 6.92 Å². The lowest BCUT2D eigenvalue weighted by Crippen LogP contribution is -2.30. The molecule has 0 aliphatic rings. The SMILES string of the molecule is Cc1ccc(C(=O)Nc2ccc(Cl)cc2)c(=O)n1-c1ccccc1C(F)(F)F. The first-order valence-electron chi connectivity index (χ1n) is 8.14. The molecule has 0 fully saturated rings. The summed E-state index contributed by atoms with van der Waals surface area (Å²) < 4.78 is 41.0. The normalized spacial score (nSPS) is 11.3. The van der Waals surface area contributed by atoms with Crippen LogP contribution in [-0.2, 0) is 6.18 Å². The molecule has 144 valence electrons. The fourth-order valence-electron chi connectivity index (χ4n) is 2.74. The van der Waals surface area contributed by atoms with Gasteiger partial charge in [-0.25, -0.2) is 0 Å². The highest BCUT2D eigenvalue weighted by Crippen LogP contribution is 2.33. The van der Waals surface area contributed by atoms with Crippen LogP contribution in [0.4, 0.5) is 18.9 Å². The summed E-state index contributed by atoms with van der Waals surface area (Å²) in [6.45, 7) is 1.50. The fourth-order valence-corrected chi connectivity index (χ4v) is 2.87. The Morgan fingerprint density at radius 3 is 2.29 bits per heavy atom. The topological polar surface area (TPSA) is 51.1 Å². The molecule has 0 unspecified atom stereocenters. The van der Waals surface area contributed by atoms with Gasteiger partial charge in [-0.05, 0) is 55.5 Å². The highest BCUT2D eigenvalue weighted by atomic mass is 35.5. The third-order valence-corrected chi connectivity index (χ3v) is 4.33. The van der Waals surface area contributed by atoms with Crippen molar-refractivity contribution in [1.82, 2.24) is 4.57 Å². The summed E-state index contributed by atoms with van der Waals surface area (Å²) in [4.78, 5) is 25.4. The minimum absolute atomic E-state index is 0.268. The molecule has 1 heterocycles. The van der Waals surface area contributed by atoms with E-state index in [1.165, 1.54) is 37.3 Å². The zero-order valence-corrected chi connectivity index (χ0v) is 15.3. The van der Waals surface area contributed by atoms with Crippen molar-refractivity contribution < 1.29 is 18.0 Å². The zero-order valence-electron chi connectivity index (χ0n) is 14.5. The van der Waals surface area contributed by atoms with E-state index in [0.29, 0.717) is 10.7 Å². The Morgan fingerprint density at radius 1 is 1.00 bits per heavy atom. The van der Waals surface area contributed by atoms with Crippen LogP contribution in [0.5, 0.6) is 0 Å². The van der Waals surface area contributed by atoms with Crippen LogP contribution in [0.15, 0.2) is 65.5 Å². The summed E-state index contributed by atoms with van der Waals surface area (Å²) in [6.07, 6.45) is -4.65. The second-order valence-electron chi connectivity index (χ2n) is 6.00. The third-order valence-electron chi connectivity index (χ3n) is 4.07. The van der Waals surface area contributed by atoms with Crippen molar-refractivity contribution in [3.63, 3.8) is 0 Å². The van der Waals surface area contributed by atoms with Gasteiger partial charge in [-0.1, -0.05) is 23.7 Å². The summed E-state index contributed by atoms with van der Waals surface area (Å²) >= 11 is 5.79. The maximum absolute atomic E-state index is 13.4. The molecule has 0 spiro atoms. The number of carbonyl (C=O) groups is 1. The lowest BCUT2D eigenvalue weighted by Gasteiger charge is -2.17. The molecule has 28 heavy (non-hydrogen) atoms. The fraction of sp³-hybridized carbons (Fsp3) is 0.100. The number of hydrogen-bond acceptors (Lipinski definition) is 2. The number of alkyl halides is 3. The Morgan fingerprint density at radius 2 is 1.64 bits per heavy atom. The number of amides is 1. The second-order valence-corrected chi connectivity index (χ2v) is 6.44. The summed E-state index contributed by atoms with van der Waals surface area (Å²) in [7, 11) is 0. The van der Waals surface area contributed by atoms with Gasteiger partial charge in [0.1, 0.15) is 5.56 Å². The van der Waals surface area contributed by atoms with E-state index in [1.54, 1.807) is 24.3 Å². The predicted molar refractivity (Wildman–Crippen MR) is 101 cm³/mol. The number of rotatable bonds is 3. The molecule has 0 bridgehead atoms. The van der Waals surface area contributed by atoms with E-state index >= 15 is 0 Å². The molecule has 4 nitrogen and oxygen atoms in total. The van der Waals surface area contributed by atoms with Gasteiger partial charge in [0.05, 0.1) is 11.3 Å². The van der Waals surface area contributed by atoms with Crippen molar-refractivity contribution in [3.05, 3.63) is 92.9 Å². The number of nitrogens with one attached hydrogen (secondary N) is 1. The van der Waals surface area contributed by atoms with Gasteiger partial charge in [0.15, 0.2) is 0 Å². The van der Waals surface area contributed by atoms with E-state index < -0.39 is 23.2 Å². The first kappa shape index (κ1) is 19.7. The molecule has 8 heteroatoms. The van der Waals surface area contributed by atoms with Crippen LogP contribution in [0.3, 0.4) is 0 Å². The number of para-hydroxylation sites is 1. The van der Waals surface area contributed by atoms with Gasteiger partial charge in [0, 0.05) is 16.4 Å². The van der Waals surface area contributed by atoms with Gasteiger partial charge in [-0.3, -0.25) is 14.2 Å². The van der Waals surface area contributed by atoms with Crippen LogP contribution in [0.2, 0.25) is 5.02 Å². The Kier molecular flexibility index (Phi) is 5.29. The number of nitrogens with zero attached hydrogens (tertiary/aromatic N) is 1. The first-order valence-corrected chi connectivity index (χ1v) is 8.52. The minimum Gasteiger partial charge on any atom is -0.322 e. The molecule has 0 atom stereocenters. The number of pyridine rings is 1. The summed E-state index contributed by atoms with van der Waals surface area (Å²) in [6, 6.07) is 13.6. The van der Waals surface area contributed by atoms with Crippen LogP contribution in [-0.4, -0.2) is 10.5 Å². The molecule has 3 aromatic rings. The molecular formula is C20H14ClF3N2O2. The number of hydrogen-bond donors (Lipinski definition) is 1. The first-order chi connectivity index (χ1) is 13.2. The lowest BCUT2D eigenvalue weighted by molar-refractivity contribution is -0.137. The summed E-state index contributed by atoms with van der Waals surface area (Å²) in [5, 5.41) is 3.01. The van der Waals surface area contributed by atoms with E-state index in [1.807, 2.05) is 0 Å². The number of carbonyl (C=O) groups excluding carboxylic acids is 1. The van der Waals surface area contributed by atoms with E-state index in [9.17, 15) is 22.8 Å². The molecule has 0 saturated carbocycles. The number of aromatic nitrogens is 1. The number of halogens is 4. The average Bonchev–Trinajstić information content (AvgIpc) is 2.63. The molecule has 2 aromatic carbocycles. The Hall–Kier alpha value is -3.06. The maximum atomic E-state index is 13.4. The van der Waals surface area contributed by atoms with Crippen LogP contribution < -0.4 is 10.9 Å². The number of aryl methyl sites for hydroxylation is 1. The monoisotopic (exact) mass is 406 g/mol. The maximum Gasteiger partial charge on any atom is 0.418 e. The van der Waals surface area contributed by atoms with Crippen molar-refractivity contribution in [2.24, 2.45) is 0 Å². The third kappa shape index (κ3) is 3.94. The molecule has 0 aliphatic carbocycles. The molecule has 3 rings (SSSR count). The van der Waals surface area contributed by atoms with Gasteiger partial charge in [0.25, 0.3) is 11.5 Å². The minimum atomic E-state index is -4.65. The van der Waals surface area contributed by atoms with Gasteiger partial charge in [-0.15, -0.1) is 0 Å². The van der Waals surface area contributed by atoms with E-state index in [2.05, 4.69) is 5.32 Å². The van der Waals surface area contributed by atoms with E-state index in [0.717, 1.165) is 10.6 Å². The number of benzene rings is 2. The van der Waals surface area contributed by atoms with Crippen molar-refractivity contribution in [1.29, 1.82) is 0 Å². The lowest BCUT2D eigenvalue weighted by atomic mass is 10.1. The van der Waals surface area contributed by atoms with E-state index in [4.69, 9.17) is 11.6 Å². The quantitative estimate of drug-likeness (QED) is 0.660. The molecule has 0 radical (unpaired) electrons. The molecule has 0 aliphatic heterocycles. The van der Waals surface area contributed by atoms with Crippen molar-refractivity contribution >= 4 is 23.2 Å². The highest BCUT2D eigenvalue weighted by Gasteiger charge is 2.34. The van der Waals surface area contributed by atoms with Gasteiger partial charge in [0.2, 0.25) is 0 Å². The average molecular weight is 407 g/mol. The van der Waals surface area contributed by atoms with Gasteiger partial charge in [-0.2, -0.15) is 13.2 Å². The van der Waals surface area contributed by atoms with Crippen molar-refractivity contribution in [3.8, 4) is 5.69 Å². The smallest absolute Gasteiger partial charge is 0.322 e. The Bertz CT molecular complexity index is 1090. The van der Waals surface area contributed by atoms with Crippen molar-refractivity contribution in [2.75, 3.05) is 5.32 Å². The van der Waals surface area contributed by atoms with Crippen molar-refractivity contribution in [2.45, 2.75) is 13.1 Å². The summed E-state index contributed by atoms with van der Waals surface area (Å²) in [5.41, 5.74) is -1.75. The van der Waals surface area contributed by atoms with Crippen LogP contribution in [0.1, 0.15) is 21.6 Å². The van der Waals surface area contributed by atoms with E-state index in [-0.39, 0.29) is 16.9 Å². The number of anilines is 1. The van der Waals surface area contributed by atoms with Crippen LogP contribution >= 0.6 is 11.6 Å². The van der Waals surface area contributed by atoms with Crippen LogP contribution in [0.25, 0.3) is 5.69 Å². The highest BCUT2D eigenvalue weighted by molar-refractivity contribution is 6.30. The Balaban J connectivity index is 2.08. The predicted octanol–water partition coefficient (Wildman–Crippen LogP) is 5.07. The molecule has 1 N–H and O–H groups in total. The molecule has 1 amide bonds. The molecular weight excluding hydrogens is 393 g/mol. The summed E-state index contributed by atoms with van der Waals surface area (Å²) in [5.74, 6) is -0.731. The standard InChI is InChI=1S/C20H14ClF3N2O2/c1-12-6-11-15(18(27)25-14-9-7-13(21)8-10-14)19(28)26(12)17-5-3-2-4-16(17)20(22,23)24/h2-11H,1H3,(H,25,27). The van der Waals surface area contributed by atoms with Gasteiger partial charge < -0.3 is 5.32 Å². The Labute approximate surface area is 163 Å².